The van der Waals surface area contributed by atoms with Gasteiger partial charge in [-0.1, -0.05) is 0 Å². The third-order valence-corrected chi connectivity index (χ3v) is 1.96. The van der Waals surface area contributed by atoms with E-state index in [-0.39, 0.29) is 5.69 Å². The normalized spacial score (nSPS) is 11.8. The second-order valence-electron chi connectivity index (χ2n) is 3.41. The smallest absolute Gasteiger partial charge is 0.325 e. The molecule has 8 heteroatoms. The summed E-state index contributed by atoms with van der Waals surface area (Å²) < 4.78 is 38.2. The summed E-state index contributed by atoms with van der Waals surface area (Å²) in [7, 11) is 0. The maximum atomic E-state index is 12.8. The number of hydrogen-bond acceptors (Lipinski definition) is 2. The fourth-order valence-corrected chi connectivity index (χ4v) is 1.05. The monoisotopic (exact) mass is 262 g/mol. The van der Waals surface area contributed by atoms with E-state index < -0.39 is 35.5 Å². The predicted octanol–water partition coefficient (Wildman–Crippen LogP) is 1.70. The molecule has 1 atom stereocenters. The number of rotatable bonds is 3. The molecule has 0 aromatic heterocycles. The highest BCUT2D eigenvalue weighted by Crippen LogP contribution is 2.17. The second kappa shape index (κ2) is 5.39. The van der Waals surface area contributed by atoms with Crippen LogP contribution in [0.4, 0.5) is 23.7 Å². The molecule has 1 aromatic carbocycles. The van der Waals surface area contributed by atoms with Gasteiger partial charge in [-0.15, -0.1) is 0 Å². The van der Waals surface area contributed by atoms with Crippen molar-refractivity contribution >= 4 is 17.7 Å². The van der Waals surface area contributed by atoms with Crippen LogP contribution in [0.5, 0.6) is 0 Å². The standard InChI is InChI=1S/C10H9F3N2O3/c1-4(9(16)17)14-10(18)15-5-2-6(11)8(13)7(12)3-5/h2-4H,1H3,(H,16,17)(H2,14,15,18)/t4-/m0/s1. The summed E-state index contributed by atoms with van der Waals surface area (Å²) in [5, 5.41) is 12.5. The average Bonchev–Trinajstić information content (AvgIpc) is 2.25. The van der Waals surface area contributed by atoms with Gasteiger partial charge >= 0.3 is 12.0 Å². The van der Waals surface area contributed by atoms with Gasteiger partial charge in [0.15, 0.2) is 17.5 Å². The predicted molar refractivity (Wildman–Crippen MR) is 55.6 cm³/mol. The van der Waals surface area contributed by atoms with Gasteiger partial charge in [-0.05, 0) is 6.92 Å². The lowest BCUT2D eigenvalue weighted by atomic mass is 10.3. The van der Waals surface area contributed by atoms with Crippen LogP contribution < -0.4 is 10.6 Å². The van der Waals surface area contributed by atoms with E-state index in [1.807, 2.05) is 10.6 Å². The maximum absolute atomic E-state index is 12.8. The van der Waals surface area contributed by atoms with Crippen molar-refractivity contribution in [1.82, 2.24) is 5.32 Å². The Kier molecular flexibility index (Phi) is 4.13. The van der Waals surface area contributed by atoms with Gasteiger partial charge in [0.25, 0.3) is 0 Å². The Bertz CT molecular complexity index is 470. The molecular formula is C10H9F3N2O3. The van der Waals surface area contributed by atoms with Gasteiger partial charge in [-0.2, -0.15) is 0 Å². The van der Waals surface area contributed by atoms with E-state index in [1.165, 1.54) is 6.92 Å². The number of hydrogen-bond donors (Lipinski definition) is 3. The second-order valence-corrected chi connectivity index (χ2v) is 3.41. The molecule has 0 radical (unpaired) electrons. The van der Waals surface area contributed by atoms with Crippen LogP contribution in [0, 0.1) is 17.5 Å². The highest BCUT2D eigenvalue weighted by Gasteiger charge is 2.15. The zero-order chi connectivity index (χ0) is 13.9. The third kappa shape index (κ3) is 3.37. The van der Waals surface area contributed by atoms with E-state index in [4.69, 9.17) is 5.11 Å². The van der Waals surface area contributed by atoms with Crippen LogP contribution in [0.25, 0.3) is 0 Å². The van der Waals surface area contributed by atoms with Crippen LogP contribution in [0.2, 0.25) is 0 Å². The topological polar surface area (TPSA) is 78.4 Å². The van der Waals surface area contributed by atoms with Crippen molar-refractivity contribution in [3.8, 4) is 0 Å². The Labute approximate surface area is 99.6 Å². The number of urea groups is 1. The van der Waals surface area contributed by atoms with Gasteiger partial charge in [0.1, 0.15) is 6.04 Å². The molecule has 0 aliphatic carbocycles. The molecule has 0 saturated heterocycles. The molecule has 3 N–H and O–H groups in total. The van der Waals surface area contributed by atoms with E-state index in [1.54, 1.807) is 0 Å². The summed E-state index contributed by atoms with van der Waals surface area (Å²) in [5.41, 5.74) is -0.332. The molecule has 98 valence electrons. The number of amides is 2. The van der Waals surface area contributed by atoms with Crippen molar-refractivity contribution in [2.45, 2.75) is 13.0 Å². The van der Waals surface area contributed by atoms with Crippen molar-refractivity contribution < 1.29 is 27.9 Å². The third-order valence-electron chi connectivity index (χ3n) is 1.96. The van der Waals surface area contributed by atoms with Gasteiger partial charge in [-0.25, -0.2) is 18.0 Å². The summed E-state index contributed by atoms with van der Waals surface area (Å²) in [5.74, 6) is -5.85. The first-order chi connectivity index (χ1) is 8.31. The first-order valence-corrected chi connectivity index (χ1v) is 4.76. The van der Waals surface area contributed by atoms with E-state index in [0.29, 0.717) is 12.1 Å². The molecule has 1 aromatic rings. The quantitative estimate of drug-likeness (QED) is 0.725. The van der Waals surface area contributed by atoms with Crippen LogP contribution in [-0.4, -0.2) is 23.1 Å². The lowest BCUT2D eigenvalue weighted by molar-refractivity contribution is -0.138. The van der Waals surface area contributed by atoms with Gasteiger partial charge < -0.3 is 15.7 Å². The summed E-state index contributed by atoms with van der Waals surface area (Å²) >= 11 is 0. The Morgan fingerprint density at radius 2 is 1.72 bits per heavy atom. The van der Waals surface area contributed by atoms with E-state index in [2.05, 4.69) is 0 Å². The number of carbonyl (C=O) groups excluding carboxylic acids is 1. The number of carbonyl (C=O) groups is 2. The van der Waals surface area contributed by atoms with Gasteiger partial charge in [0.2, 0.25) is 0 Å². The Morgan fingerprint density at radius 3 is 2.17 bits per heavy atom. The number of anilines is 1. The highest BCUT2D eigenvalue weighted by molar-refractivity contribution is 5.92. The van der Waals surface area contributed by atoms with E-state index in [0.717, 1.165) is 0 Å². The minimum atomic E-state index is -1.65. The van der Waals surface area contributed by atoms with Crippen molar-refractivity contribution in [2.24, 2.45) is 0 Å². The first kappa shape index (κ1) is 13.8. The van der Waals surface area contributed by atoms with Crippen molar-refractivity contribution in [3.05, 3.63) is 29.6 Å². The molecule has 0 unspecified atom stereocenters. The number of carboxylic acids is 1. The fraction of sp³-hybridized carbons (Fsp3) is 0.200. The lowest BCUT2D eigenvalue weighted by Crippen LogP contribution is -2.40. The zero-order valence-corrected chi connectivity index (χ0v) is 9.13. The summed E-state index contributed by atoms with van der Waals surface area (Å²) in [6.45, 7) is 1.20. The summed E-state index contributed by atoms with van der Waals surface area (Å²) in [4.78, 5) is 21.6. The largest absolute Gasteiger partial charge is 0.480 e. The highest BCUT2D eigenvalue weighted by atomic mass is 19.2. The lowest BCUT2D eigenvalue weighted by Gasteiger charge is -2.11. The fourth-order valence-electron chi connectivity index (χ4n) is 1.05. The first-order valence-electron chi connectivity index (χ1n) is 4.76. The molecule has 0 spiro atoms. The number of aliphatic carboxylic acids is 1. The molecule has 2 amide bonds. The van der Waals surface area contributed by atoms with Crippen molar-refractivity contribution in [3.63, 3.8) is 0 Å². The number of benzene rings is 1. The van der Waals surface area contributed by atoms with Gasteiger partial charge in [-0.3, -0.25) is 4.79 Å². The van der Waals surface area contributed by atoms with Crippen molar-refractivity contribution in [1.29, 1.82) is 0 Å². The molecule has 0 fully saturated rings. The minimum Gasteiger partial charge on any atom is -0.480 e. The van der Waals surface area contributed by atoms with Crippen LogP contribution in [-0.2, 0) is 4.79 Å². The molecule has 0 aliphatic rings. The molecule has 5 nitrogen and oxygen atoms in total. The Hall–Kier alpha value is -2.25. The number of nitrogens with one attached hydrogen (secondary N) is 2. The minimum absolute atomic E-state index is 0.332. The molecule has 18 heavy (non-hydrogen) atoms. The molecule has 0 saturated carbocycles. The van der Waals surface area contributed by atoms with Crippen LogP contribution in [0.3, 0.4) is 0 Å². The molecule has 0 bridgehead atoms. The number of carboxylic acid groups (broad SMARTS) is 1. The molecular weight excluding hydrogens is 253 g/mol. The SMILES string of the molecule is C[C@H](NC(=O)Nc1cc(F)c(F)c(F)c1)C(=O)O. The number of halogens is 3. The maximum Gasteiger partial charge on any atom is 0.325 e. The van der Waals surface area contributed by atoms with Gasteiger partial charge in [0, 0.05) is 17.8 Å². The summed E-state index contributed by atoms with van der Waals surface area (Å²) in [6.07, 6.45) is 0. The Balaban J connectivity index is 2.74. The average molecular weight is 262 g/mol. The van der Waals surface area contributed by atoms with E-state index in [9.17, 15) is 22.8 Å². The van der Waals surface area contributed by atoms with E-state index >= 15 is 0 Å². The van der Waals surface area contributed by atoms with Crippen LogP contribution in [0.15, 0.2) is 12.1 Å². The van der Waals surface area contributed by atoms with Crippen LogP contribution in [0.1, 0.15) is 6.92 Å². The molecule has 0 heterocycles. The molecule has 0 aliphatic heterocycles. The van der Waals surface area contributed by atoms with Crippen LogP contribution >= 0.6 is 0 Å². The Morgan fingerprint density at radius 1 is 1.22 bits per heavy atom. The molecule has 1 rings (SSSR count). The van der Waals surface area contributed by atoms with Crippen molar-refractivity contribution in [2.75, 3.05) is 5.32 Å². The summed E-state index contributed by atoms with van der Waals surface area (Å²) in [6, 6.07) is -1.01. The zero-order valence-electron chi connectivity index (χ0n) is 9.13. The van der Waals surface area contributed by atoms with Gasteiger partial charge in [0.05, 0.1) is 0 Å².